The summed E-state index contributed by atoms with van der Waals surface area (Å²) in [5, 5.41) is 20.6. The van der Waals surface area contributed by atoms with Crippen molar-refractivity contribution in [3.8, 4) is 0 Å². The number of esters is 1. The van der Waals surface area contributed by atoms with Gasteiger partial charge in [-0.3, -0.25) is 0 Å². The lowest BCUT2D eigenvalue weighted by Crippen LogP contribution is -2.61. The molecule has 3 aliphatic rings. The van der Waals surface area contributed by atoms with Gasteiger partial charge in [-0.25, -0.2) is 4.79 Å². The highest BCUT2D eigenvalue weighted by atomic mass is 16.6. The topological polar surface area (TPSA) is 66.8 Å². The van der Waals surface area contributed by atoms with Crippen molar-refractivity contribution in [1.29, 1.82) is 0 Å². The summed E-state index contributed by atoms with van der Waals surface area (Å²) in [5.74, 6) is 0.507. The van der Waals surface area contributed by atoms with Crippen molar-refractivity contribution in [2.45, 2.75) is 78.4 Å². The van der Waals surface area contributed by atoms with Gasteiger partial charge in [-0.1, -0.05) is 40.2 Å². The molecular formula is C22H36O4. The molecule has 3 rings (SSSR count). The highest BCUT2D eigenvalue weighted by Crippen LogP contribution is 2.68. The minimum absolute atomic E-state index is 0.106. The summed E-state index contributed by atoms with van der Waals surface area (Å²) in [6.07, 6.45) is 7.28. The van der Waals surface area contributed by atoms with Crippen LogP contribution in [0.25, 0.3) is 0 Å². The van der Waals surface area contributed by atoms with Crippen LogP contribution in [-0.4, -0.2) is 35.0 Å². The van der Waals surface area contributed by atoms with Crippen LogP contribution in [-0.2, 0) is 9.53 Å². The van der Waals surface area contributed by atoms with Gasteiger partial charge in [0, 0.05) is 10.8 Å². The fourth-order valence-electron chi connectivity index (χ4n) is 6.98. The number of carbonyl (C=O) groups excluding carboxylic acids is 1. The summed E-state index contributed by atoms with van der Waals surface area (Å²) in [7, 11) is 0. The van der Waals surface area contributed by atoms with Crippen molar-refractivity contribution in [3.63, 3.8) is 0 Å². The Balaban J connectivity index is 2.15. The molecule has 3 fully saturated rings. The zero-order valence-corrected chi connectivity index (χ0v) is 16.8. The Morgan fingerprint density at radius 1 is 1.27 bits per heavy atom. The fourth-order valence-corrected chi connectivity index (χ4v) is 6.98. The first-order chi connectivity index (χ1) is 12.2. The molecule has 3 saturated carbocycles. The SMILES string of the molecule is C=C[C@]1(C)C[C@@H](OC(=O)CO)[C@]2(C)[C@H](C)CC[C@]3(CCC[C@H]32)[C@@H](C)[C@@H]1O. The molecular weight excluding hydrogens is 328 g/mol. The van der Waals surface area contributed by atoms with Crippen molar-refractivity contribution in [2.75, 3.05) is 6.61 Å². The fraction of sp³-hybridized carbons (Fsp3) is 0.864. The highest BCUT2D eigenvalue weighted by Gasteiger charge is 2.65. The lowest BCUT2D eigenvalue weighted by molar-refractivity contribution is -0.208. The van der Waals surface area contributed by atoms with Crippen molar-refractivity contribution in [2.24, 2.45) is 34.0 Å². The Morgan fingerprint density at radius 2 is 1.96 bits per heavy atom. The molecule has 4 nitrogen and oxygen atoms in total. The summed E-state index contributed by atoms with van der Waals surface area (Å²) in [6.45, 7) is 12.3. The Hall–Kier alpha value is -0.870. The largest absolute Gasteiger partial charge is 0.460 e. The maximum absolute atomic E-state index is 12.1. The molecule has 26 heavy (non-hydrogen) atoms. The van der Waals surface area contributed by atoms with Gasteiger partial charge in [0.05, 0.1) is 6.10 Å². The van der Waals surface area contributed by atoms with Crippen LogP contribution in [0, 0.1) is 34.0 Å². The minimum Gasteiger partial charge on any atom is -0.460 e. The van der Waals surface area contributed by atoms with Gasteiger partial charge in [0.15, 0.2) is 0 Å². The first-order valence-electron chi connectivity index (χ1n) is 10.3. The van der Waals surface area contributed by atoms with Gasteiger partial charge in [-0.05, 0) is 55.3 Å². The summed E-state index contributed by atoms with van der Waals surface area (Å²) < 4.78 is 5.87. The first-order valence-corrected chi connectivity index (χ1v) is 10.3. The molecule has 0 unspecified atom stereocenters. The number of hydrogen-bond donors (Lipinski definition) is 2. The Kier molecular flexibility index (Phi) is 5.07. The number of aliphatic hydroxyl groups is 2. The van der Waals surface area contributed by atoms with Crippen LogP contribution in [0.2, 0.25) is 0 Å². The van der Waals surface area contributed by atoms with Gasteiger partial charge in [-0.2, -0.15) is 0 Å². The van der Waals surface area contributed by atoms with Gasteiger partial charge in [0.1, 0.15) is 12.7 Å². The van der Waals surface area contributed by atoms with E-state index in [1.54, 1.807) is 0 Å². The molecule has 0 radical (unpaired) electrons. The standard InChI is InChI=1S/C22H36O4/c1-6-20(4)12-17(26-18(24)13-23)21(5)14(2)9-11-22(15(3)19(20)25)10-7-8-16(21)22/h6,14-17,19,23,25H,1,7-13H2,2-5H3/t14-,15+,16+,17-,19+,20-,21-,22-/m1/s1. The van der Waals surface area contributed by atoms with E-state index in [-0.39, 0.29) is 22.9 Å². The lowest BCUT2D eigenvalue weighted by atomic mass is 9.44. The lowest BCUT2D eigenvalue weighted by Gasteiger charge is -2.62. The third-order valence-electron chi connectivity index (χ3n) is 8.93. The van der Waals surface area contributed by atoms with E-state index in [2.05, 4.69) is 27.4 Å². The molecule has 0 aromatic carbocycles. The van der Waals surface area contributed by atoms with E-state index >= 15 is 0 Å². The Bertz CT molecular complexity index is 574. The summed E-state index contributed by atoms with van der Waals surface area (Å²) >= 11 is 0. The Morgan fingerprint density at radius 3 is 2.58 bits per heavy atom. The number of carbonyl (C=O) groups is 1. The van der Waals surface area contributed by atoms with Crippen LogP contribution in [0.1, 0.15) is 66.2 Å². The van der Waals surface area contributed by atoms with Gasteiger partial charge in [0.2, 0.25) is 0 Å². The van der Waals surface area contributed by atoms with E-state index < -0.39 is 24.1 Å². The number of aliphatic hydroxyl groups excluding tert-OH is 2. The molecule has 2 bridgehead atoms. The average Bonchev–Trinajstić information content (AvgIpc) is 3.08. The van der Waals surface area contributed by atoms with Crippen LogP contribution in [0.4, 0.5) is 0 Å². The average molecular weight is 365 g/mol. The van der Waals surface area contributed by atoms with Crippen molar-refractivity contribution in [1.82, 2.24) is 0 Å². The quantitative estimate of drug-likeness (QED) is 0.592. The predicted molar refractivity (Wildman–Crippen MR) is 101 cm³/mol. The number of rotatable bonds is 3. The normalized spacial score (nSPS) is 51.1. The maximum atomic E-state index is 12.1. The second-order valence-corrected chi connectivity index (χ2v) is 9.77. The molecule has 3 aliphatic carbocycles. The highest BCUT2D eigenvalue weighted by molar-refractivity contribution is 5.70. The number of ether oxygens (including phenoxy) is 1. The van der Waals surface area contributed by atoms with Gasteiger partial charge >= 0.3 is 5.97 Å². The van der Waals surface area contributed by atoms with Crippen molar-refractivity contribution >= 4 is 5.97 Å². The molecule has 2 N–H and O–H groups in total. The zero-order chi connectivity index (χ0) is 19.3. The van der Waals surface area contributed by atoms with Crippen LogP contribution < -0.4 is 0 Å². The molecule has 8 atom stereocenters. The zero-order valence-electron chi connectivity index (χ0n) is 16.8. The maximum Gasteiger partial charge on any atom is 0.332 e. The second-order valence-electron chi connectivity index (χ2n) is 9.77. The van der Waals surface area contributed by atoms with E-state index in [1.165, 1.54) is 6.42 Å². The van der Waals surface area contributed by atoms with Gasteiger partial charge in [-0.15, -0.1) is 6.58 Å². The second kappa shape index (κ2) is 6.63. The third-order valence-corrected chi connectivity index (χ3v) is 8.93. The van der Waals surface area contributed by atoms with E-state index in [1.807, 2.05) is 13.0 Å². The minimum atomic E-state index is -0.597. The molecule has 148 valence electrons. The molecule has 0 saturated heterocycles. The van der Waals surface area contributed by atoms with Crippen LogP contribution in [0.3, 0.4) is 0 Å². The molecule has 0 spiro atoms. The summed E-state index contributed by atoms with van der Waals surface area (Å²) in [6, 6.07) is 0. The Labute approximate surface area is 158 Å². The molecule has 0 aromatic rings. The van der Waals surface area contributed by atoms with Crippen LogP contribution >= 0.6 is 0 Å². The predicted octanol–water partition coefficient (Wildman–Crippen LogP) is 3.71. The molecule has 0 amide bonds. The van der Waals surface area contributed by atoms with E-state index in [0.29, 0.717) is 18.3 Å². The van der Waals surface area contributed by atoms with E-state index in [0.717, 1.165) is 25.7 Å². The summed E-state index contributed by atoms with van der Waals surface area (Å²) in [4.78, 5) is 12.1. The first kappa shape index (κ1) is 19.9. The smallest absolute Gasteiger partial charge is 0.332 e. The van der Waals surface area contributed by atoms with E-state index in [4.69, 9.17) is 4.74 Å². The van der Waals surface area contributed by atoms with Crippen LogP contribution in [0.5, 0.6) is 0 Å². The van der Waals surface area contributed by atoms with Crippen molar-refractivity contribution in [3.05, 3.63) is 12.7 Å². The van der Waals surface area contributed by atoms with E-state index in [9.17, 15) is 15.0 Å². The third kappa shape index (κ3) is 2.59. The van der Waals surface area contributed by atoms with Gasteiger partial charge < -0.3 is 14.9 Å². The molecule has 0 heterocycles. The summed E-state index contributed by atoms with van der Waals surface area (Å²) in [5.41, 5.74) is -0.549. The number of hydrogen-bond acceptors (Lipinski definition) is 4. The monoisotopic (exact) mass is 364 g/mol. The van der Waals surface area contributed by atoms with Crippen LogP contribution in [0.15, 0.2) is 12.7 Å². The molecule has 0 aromatic heterocycles. The molecule has 0 aliphatic heterocycles. The van der Waals surface area contributed by atoms with Gasteiger partial charge in [0.25, 0.3) is 0 Å². The molecule has 4 heteroatoms. The van der Waals surface area contributed by atoms with Crippen molar-refractivity contribution < 1.29 is 19.7 Å².